The van der Waals surface area contributed by atoms with Gasteiger partial charge in [-0.3, -0.25) is 9.59 Å². The Kier molecular flexibility index (Phi) is 6.87. The van der Waals surface area contributed by atoms with E-state index in [0.29, 0.717) is 17.2 Å². The van der Waals surface area contributed by atoms with Crippen molar-refractivity contribution in [2.45, 2.75) is 19.8 Å². The van der Waals surface area contributed by atoms with Gasteiger partial charge in [0.05, 0.1) is 18.9 Å². The van der Waals surface area contributed by atoms with Crippen LogP contribution in [0, 0.1) is 5.92 Å². The molecule has 110 valence electrons. The summed E-state index contributed by atoms with van der Waals surface area (Å²) in [5, 5.41) is 12.0. The Balaban J connectivity index is 2.25. The van der Waals surface area contributed by atoms with Gasteiger partial charge < -0.3 is 15.2 Å². The van der Waals surface area contributed by atoms with Gasteiger partial charge in [0.1, 0.15) is 5.75 Å². The predicted octanol–water partition coefficient (Wildman–Crippen LogP) is 2.34. The van der Waals surface area contributed by atoms with Crippen LogP contribution in [0.5, 0.6) is 5.75 Å². The first-order valence-electron chi connectivity index (χ1n) is 6.40. The summed E-state index contributed by atoms with van der Waals surface area (Å²) < 4.78 is 5.38. The number of rotatable bonds is 8. The predicted molar refractivity (Wildman–Crippen MR) is 76.0 cm³/mol. The zero-order valence-electron chi connectivity index (χ0n) is 11.3. The first kappa shape index (κ1) is 16.3. The van der Waals surface area contributed by atoms with E-state index in [1.54, 1.807) is 31.2 Å². The molecule has 0 aliphatic rings. The van der Waals surface area contributed by atoms with Crippen LogP contribution in [0.15, 0.2) is 24.3 Å². The van der Waals surface area contributed by atoms with Gasteiger partial charge in [-0.05, 0) is 24.6 Å². The van der Waals surface area contributed by atoms with Crippen molar-refractivity contribution in [2.75, 3.05) is 13.2 Å². The summed E-state index contributed by atoms with van der Waals surface area (Å²) in [4.78, 5) is 22.3. The van der Waals surface area contributed by atoms with E-state index in [1.807, 2.05) is 0 Å². The number of aliphatic carboxylic acids is 1. The maximum absolute atomic E-state index is 11.5. The fraction of sp³-hybridized carbons (Fsp3) is 0.429. The molecular weight excluding hydrogens is 282 g/mol. The molecule has 0 radical (unpaired) electrons. The molecule has 1 unspecified atom stereocenters. The van der Waals surface area contributed by atoms with Crippen LogP contribution in [0.1, 0.15) is 19.8 Å². The third kappa shape index (κ3) is 5.93. The van der Waals surface area contributed by atoms with E-state index >= 15 is 0 Å². The second-order valence-electron chi connectivity index (χ2n) is 4.30. The van der Waals surface area contributed by atoms with Crippen molar-refractivity contribution in [1.82, 2.24) is 5.32 Å². The van der Waals surface area contributed by atoms with Crippen molar-refractivity contribution in [3.8, 4) is 5.75 Å². The first-order valence-corrected chi connectivity index (χ1v) is 6.78. The lowest BCUT2D eigenvalue weighted by Crippen LogP contribution is -2.33. The molecule has 1 rings (SSSR count). The SMILES string of the molecule is CCC(CNC(=O)CCOc1cccc(Cl)c1)C(=O)O. The number of amides is 1. The van der Waals surface area contributed by atoms with Crippen molar-refractivity contribution in [3.05, 3.63) is 29.3 Å². The summed E-state index contributed by atoms with van der Waals surface area (Å²) in [5.41, 5.74) is 0. The fourth-order valence-electron chi connectivity index (χ4n) is 1.55. The highest BCUT2D eigenvalue weighted by Gasteiger charge is 2.15. The molecular formula is C14H18ClNO4. The molecule has 0 aliphatic carbocycles. The first-order chi connectivity index (χ1) is 9.52. The van der Waals surface area contributed by atoms with Crippen molar-refractivity contribution < 1.29 is 19.4 Å². The smallest absolute Gasteiger partial charge is 0.308 e. The molecule has 0 saturated heterocycles. The van der Waals surface area contributed by atoms with Gasteiger partial charge in [-0.15, -0.1) is 0 Å². The largest absolute Gasteiger partial charge is 0.493 e. The van der Waals surface area contributed by atoms with Crippen LogP contribution in [-0.4, -0.2) is 30.1 Å². The van der Waals surface area contributed by atoms with Crippen LogP contribution in [-0.2, 0) is 9.59 Å². The third-order valence-corrected chi connectivity index (χ3v) is 3.02. The lowest BCUT2D eigenvalue weighted by Gasteiger charge is -2.11. The standard InChI is InChI=1S/C14H18ClNO4/c1-2-10(14(18)19)9-16-13(17)6-7-20-12-5-3-4-11(15)8-12/h3-5,8,10H,2,6-7,9H2,1H3,(H,16,17)(H,18,19). The van der Waals surface area contributed by atoms with Gasteiger partial charge in [-0.1, -0.05) is 24.6 Å². The Morgan fingerprint density at radius 1 is 1.45 bits per heavy atom. The topological polar surface area (TPSA) is 75.6 Å². The van der Waals surface area contributed by atoms with Crippen LogP contribution < -0.4 is 10.1 Å². The Labute approximate surface area is 122 Å². The highest BCUT2D eigenvalue weighted by molar-refractivity contribution is 6.30. The second-order valence-corrected chi connectivity index (χ2v) is 4.74. The minimum absolute atomic E-state index is 0.141. The summed E-state index contributed by atoms with van der Waals surface area (Å²) in [7, 11) is 0. The quantitative estimate of drug-likeness (QED) is 0.772. The summed E-state index contributed by atoms with van der Waals surface area (Å²) in [6, 6.07) is 6.91. The van der Waals surface area contributed by atoms with Gasteiger partial charge >= 0.3 is 5.97 Å². The number of carboxylic acid groups (broad SMARTS) is 1. The summed E-state index contributed by atoms with van der Waals surface area (Å²) >= 11 is 5.80. The van der Waals surface area contributed by atoms with Crippen LogP contribution in [0.3, 0.4) is 0 Å². The number of hydrogen-bond donors (Lipinski definition) is 2. The summed E-state index contributed by atoms with van der Waals surface area (Å²) in [6.45, 7) is 2.13. The normalized spacial score (nSPS) is 11.7. The van der Waals surface area contributed by atoms with Crippen LogP contribution in [0.2, 0.25) is 5.02 Å². The number of nitrogens with one attached hydrogen (secondary N) is 1. The molecule has 1 aromatic rings. The van der Waals surface area contributed by atoms with E-state index < -0.39 is 11.9 Å². The molecule has 0 spiro atoms. The second kappa shape index (κ2) is 8.43. The minimum atomic E-state index is -0.900. The van der Waals surface area contributed by atoms with Gasteiger partial charge in [0.25, 0.3) is 0 Å². The molecule has 0 heterocycles. The Hall–Kier alpha value is -1.75. The molecule has 1 aromatic carbocycles. The number of ether oxygens (including phenoxy) is 1. The fourth-order valence-corrected chi connectivity index (χ4v) is 1.73. The van der Waals surface area contributed by atoms with Crippen LogP contribution in [0.25, 0.3) is 0 Å². The number of hydrogen-bond acceptors (Lipinski definition) is 3. The van der Waals surface area contributed by atoms with Crippen molar-refractivity contribution in [1.29, 1.82) is 0 Å². The van der Waals surface area contributed by atoms with E-state index in [0.717, 1.165) is 0 Å². The van der Waals surface area contributed by atoms with Gasteiger partial charge in [0, 0.05) is 11.6 Å². The van der Waals surface area contributed by atoms with Crippen LogP contribution >= 0.6 is 11.6 Å². The molecule has 1 amide bonds. The van der Waals surface area contributed by atoms with E-state index in [1.165, 1.54) is 0 Å². The molecule has 0 saturated carbocycles. The maximum atomic E-state index is 11.5. The number of carbonyl (C=O) groups excluding carboxylic acids is 1. The van der Waals surface area contributed by atoms with Gasteiger partial charge in [-0.2, -0.15) is 0 Å². The minimum Gasteiger partial charge on any atom is -0.493 e. The van der Waals surface area contributed by atoms with Gasteiger partial charge in [0.2, 0.25) is 5.91 Å². The summed E-state index contributed by atoms with van der Waals surface area (Å²) in [6.07, 6.45) is 0.650. The molecule has 20 heavy (non-hydrogen) atoms. The van der Waals surface area contributed by atoms with Crippen LogP contribution in [0.4, 0.5) is 0 Å². The van der Waals surface area contributed by atoms with Gasteiger partial charge in [-0.25, -0.2) is 0 Å². The number of carboxylic acids is 1. The highest BCUT2D eigenvalue weighted by Crippen LogP contribution is 2.17. The third-order valence-electron chi connectivity index (χ3n) is 2.78. The Bertz CT molecular complexity index is 464. The summed E-state index contributed by atoms with van der Waals surface area (Å²) in [5.74, 6) is -1.08. The van der Waals surface area contributed by atoms with E-state index in [2.05, 4.69) is 5.32 Å². The Morgan fingerprint density at radius 2 is 2.20 bits per heavy atom. The van der Waals surface area contributed by atoms with E-state index in [9.17, 15) is 9.59 Å². The van der Waals surface area contributed by atoms with Crippen molar-refractivity contribution in [3.63, 3.8) is 0 Å². The molecule has 0 aliphatic heterocycles. The number of carbonyl (C=O) groups is 2. The van der Waals surface area contributed by atoms with Crippen molar-refractivity contribution in [2.24, 2.45) is 5.92 Å². The molecule has 6 heteroatoms. The number of benzene rings is 1. The average molecular weight is 300 g/mol. The zero-order chi connectivity index (χ0) is 15.0. The monoisotopic (exact) mass is 299 g/mol. The molecule has 2 N–H and O–H groups in total. The molecule has 1 atom stereocenters. The molecule has 5 nitrogen and oxygen atoms in total. The van der Waals surface area contributed by atoms with E-state index in [-0.39, 0.29) is 25.5 Å². The van der Waals surface area contributed by atoms with Crippen molar-refractivity contribution >= 4 is 23.5 Å². The Morgan fingerprint density at radius 3 is 2.80 bits per heavy atom. The highest BCUT2D eigenvalue weighted by atomic mass is 35.5. The maximum Gasteiger partial charge on any atom is 0.308 e. The molecule has 0 bridgehead atoms. The number of halogens is 1. The zero-order valence-corrected chi connectivity index (χ0v) is 12.0. The lowest BCUT2D eigenvalue weighted by atomic mass is 10.1. The average Bonchev–Trinajstić information content (AvgIpc) is 2.39. The lowest BCUT2D eigenvalue weighted by molar-refractivity contribution is -0.141. The molecule has 0 aromatic heterocycles. The van der Waals surface area contributed by atoms with Gasteiger partial charge in [0.15, 0.2) is 0 Å². The van der Waals surface area contributed by atoms with E-state index in [4.69, 9.17) is 21.4 Å². The molecule has 0 fully saturated rings.